The summed E-state index contributed by atoms with van der Waals surface area (Å²) in [5, 5.41) is 6.10. The third-order valence-electron chi connectivity index (χ3n) is 3.04. The van der Waals surface area contributed by atoms with E-state index in [9.17, 15) is 0 Å². The van der Waals surface area contributed by atoms with Gasteiger partial charge in [0.25, 0.3) is 0 Å². The number of hydrogen-bond acceptors (Lipinski definition) is 5. The normalized spacial score (nSPS) is 10.3. The lowest BCUT2D eigenvalue weighted by Crippen LogP contribution is -1.93. The van der Waals surface area contributed by atoms with Crippen molar-refractivity contribution in [2.45, 2.75) is 0 Å². The minimum absolute atomic E-state index is 0.736. The SMILES string of the molecule is COc1ccccc1Nc1nc(-c2cccc(N)c2)cs1. The van der Waals surface area contributed by atoms with Crippen LogP contribution in [0.2, 0.25) is 0 Å². The molecule has 0 fully saturated rings. The molecule has 106 valence electrons. The molecule has 0 amide bonds. The summed E-state index contributed by atoms with van der Waals surface area (Å²) in [5.74, 6) is 0.790. The van der Waals surface area contributed by atoms with Crippen molar-refractivity contribution in [2.75, 3.05) is 18.2 Å². The largest absolute Gasteiger partial charge is 0.495 e. The second kappa shape index (κ2) is 5.85. The van der Waals surface area contributed by atoms with E-state index in [1.54, 1.807) is 18.4 Å². The Morgan fingerprint density at radius 3 is 2.81 bits per heavy atom. The van der Waals surface area contributed by atoms with Crippen LogP contribution in [0.25, 0.3) is 11.3 Å². The van der Waals surface area contributed by atoms with Crippen molar-refractivity contribution >= 4 is 27.8 Å². The number of nitrogens with one attached hydrogen (secondary N) is 1. The quantitative estimate of drug-likeness (QED) is 0.710. The molecule has 0 spiro atoms. The van der Waals surface area contributed by atoms with Gasteiger partial charge in [-0.1, -0.05) is 24.3 Å². The average molecular weight is 297 g/mol. The van der Waals surface area contributed by atoms with Gasteiger partial charge >= 0.3 is 0 Å². The first-order valence-corrected chi connectivity index (χ1v) is 7.36. The molecular weight excluding hydrogens is 282 g/mol. The molecule has 0 atom stereocenters. The number of nitrogens with zero attached hydrogens (tertiary/aromatic N) is 1. The first-order chi connectivity index (χ1) is 10.3. The number of rotatable bonds is 4. The lowest BCUT2D eigenvalue weighted by Gasteiger charge is -2.08. The molecule has 1 aromatic heterocycles. The zero-order chi connectivity index (χ0) is 14.7. The number of nitrogens with two attached hydrogens (primary N) is 1. The number of nitrogen functional groups attached to an aromatic ring is 1. The maximum atomic E-state index is 5.81. The molecule has 0 saturated heterocycles. The van der Waals surface area contributed by atoms with Crippen molar-refractivity contribution in [3.63, 3.8) is 0 Å². The average Bonchev–Trinajstić information content (AvgIpc) is 2.96. The molecule has 21 heavy (non-hydrogen) atoms. The molecule has 0 aliphatic carbocycles. The highest BCUT2D eigenvalue weighted by molar-refractivity contribution is 7.14. The monoisotopic (exact) mass is 297 g/mol. The van der Waals surface area contributed by atoms with E-state index in [0.717, 1.165) is 33.5 Å². The molecule has 0 aliphatic heterocycles. The van der Waals surface area contributed by atoms with Crippen LogP contribution in [0.3, 0.4) is 0 Å². The van der Waals surface area contributed by atoms with Crippen LogP contribution in [0.15, 0.2) is 53.9 Å². The Morgan fingerprint density at radius 2 is 2.00 bits per heavy atom. The molecule has 1 heterocycles. The molecule has 3 N–H and O–H groups in total. The number of anilines is 3. The van der Waals surface area contributed by atoms with Crippen molar-refractivity contribution in [3.8, 4) is 17.0 Å². The van der Waals surface area contributed by atoms with E-state index in [1.165, 1.54) is 0 Å². The maximum absolute atomic E-state index is 5.81. The highest BCUT2D eigenvalue weighted by atomic mass is 32.1. The van der Waals surface area contributed by atoms with E-state index in [1.807, 2.05) is 53.9 Å². The smallest absolute Gasteiger partial charge is 0.187 e. The Labute approximate surface area is 127 Å². The van der Waals surface area contributed by atoms with Gasteiger partial charge < -0.3 is 15.8 Å². The fourth-order valence-electron chi connectivity index (χ4n) is 2.02. The van der Waals surface area contributed by atoms with Crippen LogP contribution in [0.4, 0.5) is 16.5 Å². The predicted octanol–water partition coefficient (Wildman–Crippen LogP) is 4.14. The molecule has 0 radical (unpaired) electrons. The fourth-order valence-corrected chi connectivity index (χ4v) is 2.76. The zero-order valence-electron chi connectivity index (χ0n) is 11.5. The molecule has 5 heteroatoms. The van der Waals surface area contributed by atoms with Gasteiger partial charge in [0.05, 0.1) is 18.5 Å². The van der Waals surface area contributed by atoms with E-state index in [0.29, 0.717) is 0 Å². The number of para-hydroxylation sites is 2. The van der Waals surface area contributed by atoms with Gasteiger partial charge in [-0.3, -0.25) is 0 Å². The topological polar surface area (TPSA) is 60.2 Å². The number of hydrogen-bond donors (Lipinski definition) is 2. The number of aromatic nitrogens is 1. The van der Waals surface area contributed by atoms with Gasteiger partial charge in [0.15, 0.2) is 5.13 Å². The Balaban J connectivity index is 1.85. The minimum atomic E-state index is 0.736. The Kier molecular flexibility index (Phi) is 3.75. The van der Waals surface area contributed by atoms with Crippen LogP contribution in [-0.4, -0.2) is 12.1 Å². The van der Waals surface area contributed by atoms with Gasteiger partial charge in [-0.25, -0.2) is 4.98 Å². The maximum Gasteiger partial charge on any atom is 0.187 e. The minimum Gasteiger partial charge on any atom is -0.495 e. The van der Waals surface area contributed by atoms with Crippen LogP contribution in [0, 0.1) is 0 Å². The highest BCUT2D eigenvalue weighted by Gasteiger charge is 2.07. The molecule has 0 saturated carbocycles. The summed E-state index contributed by atoms with van der Waals surface area (Å²) in [4.78, 5) is 4.59. The summed E-state index contributed by atoms with van der Waals surface area (Å²) in [6.45, 7) is 0. The van der Waals surface area contributed by atoms with E-state index < -0.39 is 0 Å². The van der Waals surface area contributed by atoms with Crippen molar-refractivity contribution in [1.29, 1.82) is 0 Å². The van der Waals surface area contributed by atoms with E-state index in [-0.39, 0.29) is 0 Å². The Morgan fingerprint density at radius 1 is 1.14 bits per heavy atom. The van der Waals surface area contributed by atoms with Crippen LogP contribution >= 0.6 is 11.3 Å². The summed E-state index contributed by atoms with van der Waals surface area (Å²) in [7, 11) is 1.65. The van der Waals surface area contributed by atoms with Crippen LogP contribution in [0.1, 0.15) is 0 Å². The first kappa shape index (κ1) is 13.5. The summed E-state index contributed by atoms with van der Waals surface area (Å²) in [6, 6.07) is 15.5. The van der Waals surface area contributed by atoms with Gasteiger partial charge in [0, 0.05) is 16.6 Å². The van der Waals surface area contributed by atoms with E-state index >= 15 is 0 Å². The van der Waals surface area contributed by atoms with Crippen molar-refractivity contribution in [2.24, 2.45) is 0 Å². The van der Waals surface area contributed by atoms with Crippen molar-refractivity contribution < 1.29 is 4.74 Å². The number of ether oxygens (including phenoxy) is 1. The number of thiazole rings is 1. The lowest BCUT2D eigenvalue weighted by atomic mass is 10.1. The Bertz CT molecular complexity index is 755. The third-order valence-corrected chi connectivity index (χ3v) is 3.79. The molecular formula is C16H15N3OS. The van der Waals surface area contributed by atoms with E-state index in [2.05, 4.69) is 10.3 Å². The first-order valence-electron chi connectivity index (χ1n) is 6.48. The second-order valence-corrected chi connectivity index (χ2v) is 5.35. The van der Waals surface area contributed by atoms with Crippen LogP contribution < -0.4 is 15.8 Å². The van der Waals surface area contributed by atoms with Crippen LogP contribution in [0.5, 0.6) is 5.75 Å². The fraction of sp³-hybridized carbons (Fsp3) is 0.0625. The molecule has 0 aliphatic rings. The highest BCUT2D eigenvalue weighted by Crippen LogP contribution is 2.31. The summed E-state index contributed by atoms with van der Waals surface area (Å²) in [5.41, 5.74) is 9.36. The number of benzene rings is 2. The van der Waals surface area contributed by atoms with Gasteiger partial charge in [-0.2, -0.15) is 0 Å². The standard InChI is InChI=1S/C16H15N3OS/c1-20-15-8-3-2-7-13(15)18-16-19-14(10-21-16)11-5-4-6-12(17)9-11/h2-10H,17H2,1H3,(H,18,19). The van der Waals surface area contributed by atoms with Crippen LogP contribution in [-0.2, 0) is 0 Å². The molecule has 3 aromatic rings. The van der Waals surface area contributed by atoms with Gasteiger partial charge in [-0.15, -0.1) is 11.3 Å². The van der Waals surface area contributed by atoms with Gasteiger partial charge in [-0.05, 0) is 24.3 Å². The summed E-state index contributed by atoms with van der Waals surface area (Å²) in [6.07, 6.45) is 0. The zero-order valence-corrected chi connectivity index (χ0v) is 12.4. The summed E-state index contributed by atoms with van der Waals surface area (Å²) >= 11 is 1.55. The molecule has 4 nitrogen and oxygen atoms in total. The van der Waals surface area contributed by atoms with Crippen molar-refractivity contribution in [1.82, 2.24) is 4.98 Å². The Hall–Kier alpha value is -2.53. The second-order valence-electron chi connectivity index (χ2n) is 4.49. The lowest BCUT2D eigenvalue weighted by molar-refractivity contribution is 0.417. The number of methoxy groups -OCH3 is 1. The summed E-state index contributed by atoms with van der Waals surface area (Å²) < 4.78 is 5.32. The molecule has 2 aromatic carbocycles. The van der Waals surface area contributed by atoms with Gasteiger partial charge in [0.2, 0.25) is 0 Å². The van der Waals surface area contributed by atoms with E-state index in [4.69, 9.17) is 10.5 Å². The third kappa shape index (κ3) is 2.98. The van der Waals surface area contributed by atoms with Crippen molar-refractivity contribution in [3.05, 3.63) is 53.9 Å². The van der Waals surface area contributed by atoms with Gasteiger partial charge in [0.1, 0.15) is 5.75 Å². The molecule has 0 bridgehead atoms. The predicted molar refractivity (Wildman–Crippen MR) is 88.2 cm³/mol. The molecule has 3 rings (SSSR count). The molecule has 0 unspecified atom stereocenters.